The van der Waals surface area contributed by atoms with Gasteiger partial charge >= 0.3 is 6.18 Å². The van der Waals surface area contributed by atoms with Crippen molar-refractivity contribution < 1.29 is 37.4 Å². The van der Waals surface area contributed by atoms with Crippen molar-refractivity contribution in [2.45, 2.75) is 31.0 Å². The second-order valence-corrected chi connectivity index (χ2v) is 13.0. The first-order chi connectivity index (χ1) is 24.4. The van der Waals surface area contributed by atoms with Crippen LogP contribution in [0.25, 0.3) is 11.1 Å². The predicted octanol–water partition coefficient (Wildman–Crippen LogP) is 5.89. The van der Waals surface area contributed by atoms with Crippen LogP contribution < -0.4 is 11.1 Å². The third-order valence-electron chi connectivity index (χ3n) is 9.65. The maximum absolute atomic E-state index is 14.0. The molecule has 9 nitrogen and oxygen atoms in total. The number of morpholine rings is 1. The Bertz CT molecular complexity index is 1870. The molecule has 2 heterocycles. The quantitative estimate of drug-likeness (QED) is 0.197. The number of ether oxygens (including phenoxy) is 1. The number of hydrogen-bond donors (Lipinski definition) is 3. The number of aliphatic hydroxyl groups is 1. The lowest BCUT2D eigenvalue weighted by molar-refractivity contribution is -0.142. The van der Waals surface area contributed by atoms with E-state index in [9.17, 15) is 32.7 Å². The number of likely N-dealkylation sites (tertiary alicyclic amines) is 1. The summed E-state index contributed by atoms with van der Waals surface area (Å²) in [5.74, 6) is -1.71. The van der Waals surface area contributed by atoms with Crippen molar-refractivity contribution in [3.8, 4) is 11.1 Å². The molecule has 4 aromatic rings. The molecule has 0 saturated carbocycles. The molecule has 12 heteroatoms. The summed E-state index contributed by atoms with van der Waals surface area (Å²) in [6.07, 6.45) is -4.31. The Kier molecular flexibility index (Phi) is 10.4. The molecular weight excluding hydrogens is 661 g/mol. The molecule has 3 amide bonds. The van der Waals surface area contributed by atoms with Crippen molar-refractivity contribution in [3.63, 3.8) is 0 Å². The number of nitrogens with two attached hydrogens (primary N) is 1. The summed E-state index contributed by atoms with van der Waals surface area (Å²) in [6, 6.07) is 26.4. The van der Waals surface area contributed by atoms with Gasteiger partial charge in [-0.3, -0.25) is 14.4 Å². The third kappa shape index (κ3) is 8.08. The number of anilines is 2. The zero-order valence-electron chi connectivity index (χ0n) is 27.9. The van der Waals surface area contributed by atoms with Gasteiger partial charge in [0.2, 0.25) is 0 Å². The lowest BCUT2D eigenvalue weighted by atomic mass is 9.75. The van der Waals surface area contributed by atoms with Gasteiger partial charge in [-0.1, -0.05) is 54.6 Å². The van der Waals surface area contributed by atoms with Crippen molar-refractivity contribution in [3.05, 3.63) is 119 Å². The summed E-state index contributed by atoms with van der Waals surface area (Å²) in [4.78, 5) is 43.5. The van der Waals surface area contributed by atoms with E-state index in [0.29, 0.717) is 43.0 Å². The van der Waals surface area contributed by atoms with E-state index in [0.717, 1.165) is 23.3 Å². The highest BCUT2D eigenvalue weighted by Crippen LogP contribution is 2.37. The average Bonchev–Trinajstić information content (AvgIpc) is 3.15. The Balaban J connectivity index is 1.24. The third-order valence-corrected chi connectivity index (χ3v) is 9.65. The van der Waals surface area contributed by atoms with Crippen LogP contribution in [-0.2, 0) is 22.1 Å². The van der Waals surface area contributed by atoms with Crippen LogP contribution in [0.15, 0.2) is 97.1 Å². The van der Waals surface area contributed by atoms with Gasteiger partial charge in [0.05, 0.1) is 18.8 Å². The Morgan fingerprint density at radius 2 is 1.39 bits per heavy atom. The van der Waals surface area contributed by atoms with E-state index in [-0.39, 0.29) is 49.9 Å². The zero-order valence-corrected chi connectivity index (χ0v) is 27.9. The number of nitrogens with one attached hydrogen (secondary N) is 1. The second-order valence-electron chi connectivity index (χ2n) is 13.0. The Labute approximate surface area is 293 Å². The van der Waals surface area contributed by atoms with Gasteiger partial charge in [0, 0.05) is 61.0 Å². The number of hydrogen-bond acceptors (Lipinski definition) is 6. The monoisotopic (exact) mass is 700 g/mol. The minimum Gasteiger partial charge on any atom is -0.398 e. The van der Waals surface area contributed by atoms with Crippen molar-refractivity contribution in [1.29, 1.82) is 0 Å². The molecule has 2 aliphatic rings. The van der Waals surface area contributed by atoms with E-state index in [4.69, 9.17) is 10.5 Å². The maximum Gasteiger partial charge on any atom is 0.418 e. The van der Waals surface area contributed by atoms with Gasteiger partial charge in [0.25, 0.3) is 17.7 Å². The van der Waals surface area contributed by atoms with Crippen LogP contribution in [0, 0.1) is 5.92 Å². The van der Waals surface area contributed by atoms with Gasteiger partial charge in [0.15, 0.2) is 0 Å². The number of carbonyl (C=O) groups is 3. The molecule has 4 N–H and O–H groups in total. The van der Waals surface area contributed by atoms with Crippen LogP contribution in [0.5, 0.6) is 0 Å². The average molecular weight is 701 g/mol. The number of halogens is 3. The van der Waals surface area contributed by atoms with Gasteiger partial charge in [-0.25, -0.2) is 0 Å². The van der Waals surface area contributed by atoms with E-state index in [1.807, 2.05) is 30.3 Å². The summed E-state index contributed by atoms with van der Waals surface area (Å²) in [7, 11) is 0. The van der Waals surface area contributed by atoms with Gasteiger partial charge in [-0.2, -0.15) is 13.2 Å². The lowest BCUT2D eigenvalue weighted by Crippen LogP contribution is -2.54. The summed E-state index contributed by atoms with van der Waals surface area (Å²) in [5, 5.41) is 14.8. The summed E-state index contributed by atoms with van der Waals surface area (Å²) >= 11 is 0. The fourth-order valence-electron chi connectivity index (χ4n) is 6.78. The van der Waals surface area contributed by atoms with E-state index >= 15 is 0 Å². The molecule has 1 atom stereocenters. The van der Waals surface area contributed by atoms with Crippen LogP contribution in [0.2, 0.25) is 0 Å². The largest absolute Gasteiger partial charge is 0.418 e. The number of amides is 3. The van der Waals surface area contributed by atoms with Gasteiger partial charge < -0.3 is 30.7 Å². The standard InChI is InChI=1S/C39H39F3N4O5/c40-39(41,42)33-24-32(13-14-34(33)43)44-37(49)38(50,31-15-17-45(18-16-31)35(47)28-6-2-1-3-7-28)25-26-5-4-8-30(23-26)27-9-11-29(12-10-27)36(48)46-19-21-51-22-20-46/h1-14,23-24,31,50H,15-22,25,43H2,(H,44,49). The molecule has 4 aromatic carbocycles. The minimum absolute atomic E-state index is 0.0744. The smallest absolute Gasteiger partial charge is 0.398 e. The van der Waals surface area contributed by atoms with Gasteiger partial charge in [0.1, 0.15) is 5.60 Å². The molecule has 0 aromatic heterocycles. The van der Waals surface area contributed by atoms with Gasteiger partial charge in [-0.15, -0.1) is 0 Å². The van der Waals surface area contributed by atoms with Crippen LogP contribution in [0.4, 0.5) is 24.5 Å². The normalized spacial score (nSPS) is 16.7. The molecular formula is C39H39F3N4O5. The first-order valence-electron chi connectivity index (χ1n) is 16.8. The van der Waals surface area contributed by atoms with Crippen LogP contribution in [0.3, 0.4) is 0 Å². The first kappa shape index (κ1) is 35.6. The van der Waals surface area contributed by atoms with Crippen molar-refractivity contribution >= 4 is 29.1 Å². The molecule has 0 spiro atoms. The number of alkyl halides is 3. The Hall–Kier alpha value is -5.20. The fraction of sp³-hybridized carbons (Fsp3) is 0.308. The molecule has 2 saturated heterocycles. The molecule has 1 unspecified atom stereocenters. The van der Waals surface area contributed by atoms with Crippen LogP contribution >= 0.6 is 0 Å². The fourth-order valence-corrected chi connectivity index (χ4v) is 6.78. The topological polar surface area (TPSA) is 125 Å². The predicted molar refractivity (Wildman–Crippen MR) is 187 cm³/mol. The van der Waals surface area contributed by atoms with Crippen molar-refractivity contribution in [2.24, 2.45) is 5.92 Å². The Morgan fingerprint density at radius 1 is 0.765 bits per heavy atom. The molecule has 0 radical (unpaired) electrons. The van der Waals surface area contributed by atoms with Crippen molar-refractivity contribution in [1.82, 2.24) is 9.80 Å². The molecule has 0 aliphatic carbocycles. The van der Waals surface area contributed by atoms with Crippen molar-refractivity contribution in [2.75, 3.05) is 50.4 Å². The molecule has 266 valence electrons. The van der Waals surface area contributed by atoms with E-state index < -0.39 is 34.9 Å². The van der Waals surface area contributed by atoms with Crippen LogP contribution in [0.1, 0.15) is 44.7 Å². The number of piperidine rings is 1. The molecule has 6 rings (SSSR count). The highest BCUT2D eigenvalue weighted by Gasteiger charge is 2.46. The molecule has 0 bridgehead atoms. The highest BCUT2D eigenvalue weighted by atomic mass is 19.4. The highest BCUT2D eigenvalue weighted by molar-refractivity contribution is 5.98. The maximum atomic E-state index is 14.0. The zero-order chi connectivity index (χ0) is 36.2. The number of nitrogens with zero attached hydrogens (tertiary/aromatic N) is 2. The Morgan fingerprint density at radius 3 is 2.04 bits per heavy atom. The van der Waals surface area contributed by atoms with E-state index in [1.54, 1.807) is 58.3 Å². The van der Waals surface area contributed by atoms with Gasteiger partial charge in [-0.05, 0) is 72.0 Å². The summed E-state index contributed by atoms with van der Waals surface area (Å²) < 4.78 is 46.2. The number of benzene rings is 4. The second kappa shape index (κ2) is 15.0. The number of rotatable bonds is 8. The van der Waals surface area contributed by atoms with E-state index in [1.165, 1.54) is 6.07 Å². The molecule has 2 aliphatic heterocycles. The molecule has 51 heavy (non-hydrogen) atoms. The summed E-state index contributed by atoms with van der Waals surface area (Å²) in [6.45, 7) is 2.63. The van der Waals surface area contributed by atoms with E-state index in [2.05, 4.69) is 5.32 Å². The van der Waals surface area contributed by atoms with Crippen LogP contribution in [-0.4, -0.2) is 77.6 Å². The minimum atomic E-state index is -4.74. The summed E-state index contributed by atoms with van der Waals surface area (Å²) in [5.41, 5.74) is 5.10. The SMILES string of the molecule is Nc1ccc(NC(=O)C(O)(Cc2cccc(-c3ccc(C(=O)N4CCOCC4)cc3)c2)C2CCN(C(=O)c3ccccc3)CC2)cc1C(F)(F)F. The number of carbonyl (C=O) groups excluding carboxylic acids is 3. The first-order valence-corrected chi connectivity index (χ1v) is 16.8. The number of nitrogen functional groups attached to an aromatic ring is 1. The lowest BCUT2D eigenvalue weighted by Gasteiger charge is -2.40. The molecule has 2 fully saturated rings.